The third kappa shape index (κ3) is 3.94. The van der Waals surface area contributed by atoms with Crippen molar-refractivity contribution >= 4 is 34.4 Å². The minimum absolute atomic E-state index is 0.151. The number of benzene rings is 3. The molecule has 0 saturated carbocycles. The molecule has 0 aliphatic heterocycles. The number of fused-ring (bicyclic) bond motifs is 1. The molecule has 4 aromatic rings. The number of nitrogens with zero attached hydrogens (tertiary/aromatic N) is 4. The number of hydrogen-bond donors (Lipinski definition) is 1. The number of aromatic hydroxyl groups is 1. The molecule has 3 aromatic carbocycles. The van der Waals surface area contributed by atoms with Crippen LogP contribution < -0.4 is 0 Å². The SMILES string of the molecule is Cc1ccc(-c2nc3cc(N=Cc4cc([N+](=O)[O-])cc([N+](=O)[O-])c4O)ccc3o2)cc1. The number of hydrogen-bond acceptors (Lipinski definition) is 8. The molecule has 0 radical (unpaired) electrons. The molecule has 0 bridgehead atoms. The summed E-state index contributed by atoms with van der Waals surface area (Å²) in [6.45, 7) is 1.98. The Hall–Kier alpha value is -4.60. The third-order valence-electron chi connectivity index (χ3n) is 4.53. The van der Waals surface area contributed by atoms with Gasteiger partial charge in [-0.05, 0) is 37.3 Å². The highest BCUT2D eigenvalue weighted by Gasteiger charge is 2.23. The number of rotatable bonds is 5. The quantitative estimate of drug-likeness (QED) is 0.270. The van der Waals surface area contributed by atoms with E-state index >= 15 is 0 Å². The van der Waals surface area contributed by atoms with Crippen molar-refractivity contribution in [3.05, 3.63) is 86.0 Å². The van der Waals surface area contributed by atoms with Crippen LogP contribution in [0.5, 0.6) is 5.75 Å². The van der Waals surface area contributed by atoms with E-state index < -0.39 is 27.0 Å². The summed E-state index contributed by atoms with van der Waals surface area (Å²) in [5.41, 5.74) is 1.99. The second-order valence-electron chi connectivity index (χ2n) is 6.71. The second-order valence-corrected chi connectivity index (χ2v) is 6.71. The molecule has 0 atom stereocenters. The van der Waals surface area contributed by atoms with E-state index in [-0.39, 0.29) is 5.56 Å². The minimum atomic E-state index is -0.895. The summed E-state index contributed by atoms with van der Waals surface area (Å²) >= 11 is 0. The first kappa shape index (κ1) is 19.7. The molecule has 4 rings (SSSR count). The van der Waals surface area contributed by atoms with Crippen molar-refractivity contribution in [1.29, 1.82) is 0 Å². The fourth-order valence-electron chi connectivity index (χ4n) is 2.93. The Morgan fingerprint density at radius 2 is 1.77 bits per heavy atom. The van der Waals surface area contributed by atoms with Gasteiger partial charge < -0.3 is 9.52 Å². The highest BCUT2D eigenvalue weighted by Crippen LogP contribution is 2.34. The van der Waals surface area contributed by atoms with E-state index in [1.54, 1.807) is 18.2 Å². The van der Waals surface area contributed by atoms with Gasteiger partial charge >= 0.3 is 5.69 Å². The summed E-state index contributed by atoms with van der Waals surface area (Å²) in [7, 11) is 0. The van der Waals surface area contributed by atoms with Gasteiger partial charge in [-0.15, -0.1) is 0 Å². The zero-order valence-electron chi connectivity index (χ0n) is 16.1. The van der Waals surface area contributed by atoms with Crippen molar-refractivity contribution in [2.24, 2.45) is 4.99 Å². The molecule has 1 heterocycles. The van der Waals surface area contributed by atoms with Crippen molar-refractivity contribution in [2.45, 2.75) is 6.92 Å². The second kappa shape index (κ2) is 7.67. The van der Waals surface area contributed by atoms with E-state index in [0.717, 1.165) is 23.4 Å². The van der Waals surface area contributed by atoms with Gasteiger partial charge in [0.1, 0.15) is 5.52 Å². The maximum atomic E-state index is 11.1. The number of non-ortho nitro benzene ring substituents is 1. The van der Waals surface area contributed by atoms with Gasteiger partial charge in [0.15, 0.2) is 5.58 Å². The highest BCUT2D eigenvalue weighted by molar-refractivity contribution is 5.89. The minimum Gasteiger partial charge on any atom is -0.502 e. The lowest BCUT2D eigenvalue weighted by atomic mass is 10.1. The molecule has 0 aliphatic rings. The molecule has 0 spiro atoms. The smallest absolute Gasteiger partial charge is 0.318 e. The standard InChI is InChI=1S/C21H14N4O6/c1-12-2-4-13(5-3-12)21-23-17-9-15(6-7-19(17)31-21)22-11-14-8-16(24(27)28)10-18(20(14)26)25(29)30/h2-11,26H,1H3. The zero-order valence-corrected chi connectivity index (χ0v) is 16.1. The zero-order chi connectivity index (χ0) is 22.1. The number of nitro groups is 2. The van der Waals surface area contributed by atoms with Gasteiger partial charge in [0.2, 0.25) is 11.6 Å². The first-order valence-corrected chi connectivity index (χ1v) is 8.99. The molecule has 1 N–H and O–H groups in total. The van der Waals surface area contributed by atoms with Crippen LogP contribution in [0.15, 0.2) is 64.0 Å². The molecule has 0 saturated heterocycles. The van der Waals surface area contributed by atoms with Gasteiger partial charge in [-0.3, -0.25) is 25.2 Å². The largest absolute Gasteiger partial charge is 0.502 e. The monoisotopic (exact) mass is 418 g/mol. The molecule has 0 fully saturated rings. The van der Waals surface area contributed by atoms with Crippen molar-refractivity contribution in [3.8, 4) is 17.2 Å². The first-order valence-electron chi connectivity index (χ1n) is 8.99. The van der Waals surface area contributed by atoms with Crippen LogP contribution in [0.3, 0.4) is 0 Å². The number of phenolic OH excluding ortho intramolecular Hbond substituents is 1. The van der Waals surface area contributed by atoms with E-state index in [1.807, 2.05) is 31.2 Å². The summed E-state index contributed by atoms with van der Waals surface area (Å²) in [5, 5.41) is 32.2. The summed E-state index contributed by atoms with van der Waals surface area (Å²) in [5.74, 6) is -0.258. The highest BCUT2D eigenvalue weighted by atomic mass is 16.6. The number of aryl methyl sites for hydroxylation is 1. The Balaban J connectivity index is 1.69. The van der Waals surface area contributed by atoms with Crippen LogP contribution in [0.25, 0.3) is 22.6 Å². The van der Waals surface area contributed by atoms with Crippen molar-refractivity contribution in [2.75, 3.05) is 0 Å². The Bertz CT molecular complexity index is 1360. The van der Waals surface area contributed by atoms with E-state index in [4.69, 9.17) is 4.42 Å². The van der Waals surface area contributed by atoms with E-state index in [0.29, 0.717) is 28.7 Å². The molecular weight excluding hydrogens is 404 g/mol. The van der Waals surface area contributed by atoms with Crippen LogP contribution in [0.2, 0.25) is 0 Å². The molecule has 154 valence electrons. The van der Waals surface area contributed by atoms with E-state index in [2.05, 4.69) is 9.98 Å². The Morgan fingerprint density at radius 3 is 2.45 bits per heavy atom. The Kier molecular flexibility index (Phi) is 4.88. The average Bonchev–Trinajstić information content (AvgIpc) is 3.16. The average molecular weight is 418 g/mol. The molecule has 10 heteroatoms. The van der Waals surface area contributed by atoms with Crippen molar-refractivity contribution < 1.29 is 19.4 Å². The number of nitro benzene ring substituents is 2. The Labute approximate surface area is 174 Å². The molecule has 1 aromatic heterocycles. The van der Waals surface area contributed by atoms with E-state index in [9.17, 15) is 25.3 Å². The lowest BCUT2D eigenvalue weighted by Crippen LogP contribution is -1.96. The number of aliphatic imine (C=N–C) groups is 1. The van der Waals surface area contributed by atoms with Crippen molar-refractivity contribution in [1.82, 2.24) is 4.98 Å². The fourth-order valence-corrected chi connectivity index (χ4v) is 2.93. The summed E-state index contributed by atoms with van der Waals surface area (Å²) in [6.07, 6.45) is 1.12. The van der Waals surface area contributed by atoms with Crippen LogP contribution in [0.4, 0.5) is 17.1 Å². The molecule has 10 nitrogen and oxygen atoms in total. The number of oxazole rings is 1. The molecular formula is C21H14N4O6. The van der Waals surface area contributed by atoms with Gasteiger partial charge in [0, 0.05) is 23.4 Å². The van der Waals surface area contributed by atoms with Gasteiger partial charge in [-0.2, -0.15) is 0 Å². The predicted molar refractivity (Wildman–Crippen MR) is 113 cm³/mol. The summed E-state index contributed by atoms with van der Waals surface area (Å²) < 4.78 is 5.76. The van der Waals surface area contributed by atoms with E-state index in [1.165, 1.54) is 0 Å². The normalized spacial score (nSPS) is 11.3. The lowest BCUT2D eigenvalue weighted by Gasteiger charge is -2.01. The van der Waals surface area contributed by atoms with Crippen LogP contribution in [0.1, 0.15) is 11.1 Å². The Morgan fingerprint density at radius 1 is 1.03 bits per heavy atom. The lowest BCUT2D eigenvalue weighted by molar-refractivity contribution is -0.394. The van der Waals surface area contributed by atoms with Gasteiger partial charge in [-0.25, -0.2) is 4.98 Å². The summed E-state index contributed by atoms with van der Waals surface area (Å²) in [4.78, 5) is 29.1. The first-order chi connectivity index (χ1) is 14.8. The maximum Gasteiger partial charge on any atom is 0.318 e. The third-order valence-corrected chi connectivity index (χ3v) is 4.53. The van der Waals surface area contributed by atoms with Crippen LogP contribution in [-0.2, 0) is 0 Å². The molecule has 31 heavy (non-hydrogen) atoms. The van der Waals surface area contributed by atoms with Crippen LogP contribution in [0, 0.1) is 27.2 Å². The number of phenols is 1. The number of aromatic nitrogens is 1. The molecule has 0 unspecified atom stereocenters. The molecule has 0 aliphatic carbocycles. The van der Waals surface area contributed by atoms with Gasteiger partial charge in [0.25, 0.3) is 5.69 Å². The topological polar surface area (TPSA) is 145 Å². The predicted octanol–water partition coefficient (Wildman–Crippen LogP) is 5.08. The molecule has 0 amide bonds. The maximum absolute atomic E-state index is 11.1. The van der Waals surface area contributed by atoms with Gasteiger partial charge in [-0.1, -0.05) is 17.7 Å². The van der Waals surface area contributed by atoms with Crippen LogP contribution >= 0.6 is 0 Å². The van der Waals surface area contributed by atoms with Crippen LogP contribution in [-0.4, -0.2) is 26.2 Å². The van der Waals surface area contributed by atoms with Gasteiger partial charge in [0.05, 0.1) is 21.6 Å². The van der Waals surface area contributed by atoms with Crippen molar-refractivity contribution in [3.63, 3.8) is 0 Å². The summed E-state index contributed by atoms with van der Waals surface area (Å²) in [6, 6.07) is 14.3. The fraction of sp³-hybridized carbons (Fsp3) is 0.0476.